The molecule has 0 radical (unpaired) electrons. The van der Waals surface area contributed by atoms with Crippen LogP contribution in [0.25, 0.3) is 0 Å². The van der Waals surface area contributed by atoms with Gasteiger partial charge in [-0.25, -0.2) is 4.79 Å². The monoisotopic (exact) mass is 210 g/mol. The predicted octanol–water partition coefficient (Wildman–Crippen LogP) is 3.63. The lowest BCUT2D eigenvalue weighted by Crippen LogP contribution is -1.95. The van der Waals surface area contributed by atoms with Gasteiger partial charge < -0.3 is 4.74 Å². The molecule has 0 saturated carbocycles. The molecule has 0 aliphatic heterocycles. The second-order valence-corrected chi connectivity index (χ2v) is 3.85. The Bertz CT molecular complexity index is 249. The Morgan fingerprint density at radius 2 is 1.87 bits per heavy atom. The summed E-state index contributed by atoms with van der Waals surface area (Å²) in [5.41, 5.74) is 2.51. The SMILES string of the molecule is CCC/C(C)=C/CC/C(C)=C/C(=O)OC. The Labute approximate surface area is 93.0 Å². The lowest BCUT2D eigenvalue weighted by Gasteiger charge is -2.00. The predicted molar refractivity (Wildman–Crippen MR) is 63.7 cm³/mol. The van der Waals surface area contributed by atoms with Crippen molar-refractivity contribution in [1.29, 1.82) is 0 Å². The molecule has 0 aliphatic carbocycles. The molecule has 0 aromatic rings. The fraction of sp³-hybridized carbons (Fsp3) is 0.615. The van der Waals surface area contributed by atoms with Crippen LogP contribution >= 0.6 is 0 Å². The molecule has 0 saturated heterocycles. The fourth-order valence-corrected chi connectivity index (χ4v) is 1.37. The molecule has 0 aromatic heterocycles. The highest BCUT2D eigenvalue weighted by Gasteiger charge is 1.96. The lowest BCUT2D eigenvalue weighted by molar-refractivity contribution is -0.134. The highest BCUT2D eigenvalue weighted by atomic mass is 16.5. The number of allylic oxidation sites excluding steroid dienone is 3. The molecular weight excluding hydrogens is 188 g/mol. The van der Waals surface area contributed by atoms with E-state index in [9.17, 15) is 4.79 Å². The van der Waals surface area contributed by atoms with Gasteiger partial charge in [0.15, 0.2) is 0 Å². The van der Waals surface area contributed by atoms with Gasteiger partial charge in [0.05, 0.1) is 7.11 Å². The largest absolute Gasteiger partial charge is 0.466 e. The van der Waals surface area contributed by atoms with E-state index in [4.69, 9.17) is 0 Å². The van der Waals surface area contributed by atoms with Gasteiger partial charge in [-0.2, -0.15) is 0 Å². The molecule has 0 atom stereocenters. The summed E-state index contributed by atoms with van der Waals surface area (Å²) in [5.74, 6) is -0.262. The van der Waals surface area contributed by atoms with Crippen molar-refractivity contribution in [2.45, 2.75) is 46.5 Å². The summed E-state index contributed by atoms with van der Waals surface area (Å²) in [6.07, 6.45) is 8.10. The standard InChI is InChI=1S/C13H22O2/c1-5-7-11(2)8-6-9-12(3)10-13(14)15-4/h8,10H,5-7,9H2,1-4H3/b11-8+,12-10+. The molecule has 2 heteroatoms. The van der Waals surface area contributed by atoms with Crippen LogP contribution in [-0.2, 0) is 9.53 Å². The first-order chi connectivity index (χ1) is 7.10. The summed E-state index contributed by atoms with van der Waals surface area (Å²) in [6, 6.07) is 0. The maximum atomic E-state index is 10.9. The molecule has 0 amide bonds. The van der Waals surface area contributed by atoms with E-state index in [0.29, 0.717) is 0 Å². The van der Waals surface area contributed by atoms with E-state index in [2.05, 4.69) is 24.7 Å². The highest BCUT2D eigenvalue weighted by molar-refractivity contribution is 5.82. The summed E-state index contributed by atoms with van der Waals surface area (Å²) in [4.78, 5) is 10.9. The molecule has 0 heterocycles. The number of esters is 1. The third kappa shape index (κ3) is 7.98. The number of hydrogen-bond acceptors (Lipinski definition) is 2. The van der Waals surface area contributed by atoms with Gasteiger partial charge >= 0.3 is 5.97 Å². The quantitative estimate of drug-likeness (QED) is 0.380. The smallest absolute Gasteiger partial charge is 0.330 e. The first-order valence-corrected chi connectivity index (χ1v) is 5.50. The van der Waals surface area contributed by atoms with E-state index in [0.717, 1.165) is 18.4 Å². The Morgan fingerprint density at radius 3 is 2.40 bits per heavy atom. The topological polar surface area (TPSA) is 26.3 Å². The zero-order valence-electron chi connectivity index (χ0n) is 10.3. The zero-order valence-corrected chi connectivity index (χ0v) is 10.3. The second kappa shape index (κ2) is 8.27. The van der Waals surface area contributed by atoms with Gasteiger partial charge in [-0.1, -0.05) is 30.6 Å². The van der Waals surface area contributed by atoms with Gasteiger partial charge in [-0.3, -0.25) is 0 Å². The Balaban J connectivity index is 3.90. The molecule has 0 fully saturated rings. The number of carbonyl (C=O) groups excluding carboxylic acids is 1. The van der Waals surface area contributed by atoms with E-state index < -0.39 is 0 Å². The normalized spacial score (nSPS) is 12.8. The van der Waals surface area contributed by atoms with Gasteiger partial charge in [0.2, 0.25) is 0 Å². The summed E-state index contributed by atoms with van der Waals surface area (Å²) < 4.78 is 4.56. The Morgan fingerprint density at radius 1 is 1.20 bits per heavy atom. The van der Waals surface area contributed by atoms with E-state index in [1.165, 1.54) is 25.5 Å². The van der Waals surface area contributed by atoms with Crippen LogP contribution in [0.3, 0.4) is 0 Å². The van der Waals surface area contributed by atoms with Crippen molar-refractivity contribution in [2.24, 2.45) is 0 Å². The number of ether oxygens (including phenoxy) is 1. The van der Waals surface area contributed by atoms with E-state index >= 15 is 0 Å². The van der Waals surface area contributed by atoms with Crippen LogP contribution < -0.4 is 0 Å². The van der Waals surface area contributed by atoms with Crippen LogP contribution in [0.1, 0.15) is 46.5 Å². The molecular formula is C13H22O2. The maximum absolute atomic E-state index is 10.9. The van der Waals surface area contributed by atoms with Crippen LogP contribution in [0, 0.1) is 0 Å². The number of rotatable bonds is 6. The van der Waals surface area contributed by atoms with Crippen LogP contribution in [0.5, 0.6) is 0 Å². The molecule has 0 N–H and O–H groups in total. The van der Waals surface area contributed by atoms with Crippen molar-refractivity contribution in [3.05, 3.63) is 23.3 Å². The first kappa shape index (κ1) is 13.9. The van der Waals surface area contributed by atoms with Crippen molar-refractivity contribution in [1.82, 2.24) is 0 Å². The average Bonchev–Trinajstić information content (AvgIpc) is 2.18. The molecule has 0 aromatic carbocycles. The van der Waals surface area contributed by atoms with Gasteiger partial charge in [0.25, 0.3) is 0 Å². The van der Waals surface area contributed by atoms with Gasteiger partial charge in [0, 0.05) is 6.08 Å². The van der Waals surface area contributed by atoms with Crippen LogP contribution in [0.15, 0.2) is 23.3 Å². The minimum Gasteiger partial charge on any atom is -0.466 e. The fourth-order valence-electron chi connectivity index (χ4n) is 1.37. The minimum atomic E-state index is -0.262. The van der Waals surface area contributed by atoms with Crippen molar-refractivity contribution >= 4 is 5.97 Å². The molecule has 0 bridgehead atoms. The molecule has 2 nitrogen and oxygen atoms in total. The summed E-state index contributed by atoms with van der Waals surface area (Å²) in [5, 5.41) is 0. The summed E-state index contributed by atoms with van der Waals surface area (Å²) >= 11 is 0. The summed E-state index contributed by atoms with van der Waals surface area (Å²) in [6.45, 7) is 6.29. The average molecular weight is 210 g/mol. The van der Waals surface area contributed by atoms with Crippen LogP contribution in [0.4, 0.5) is 0 Å². The third-order valence-corrected chi connectivity index (χ3v) is 2.24. The first-order valence-electron chi connectivity index (χ1n) is 5.50. The summed E-state index contributed by atoms with van der Waals surface area (Å²) in [7, 11) is 1.40. The van der Waals surface area contributed by atoms with Crippen LogP contribution in [-0.4, -0.2) is 13.1 Å². The molecule has 0 rings (SSSR count). The molecule has 86 valence electrons. The van der Waals surface area contributed by atoms with Crippen LogP contribution in [0.2, 0.25) is 0 Å². The number of hydrogen-bond donors (Lipinski definition) is 0. The zero-order chi connectivity index (χ0) is 11.7. The Hall–Kier alpha value is -1.05. The highest BCUT2D eigenvalue weighted by Crippen LogP contribution is 2.09. The van der Waals surface area contributed by atoms with Gasteiger partial charge in [-0.15, -0.1) is 0 Å². The van der Waals surface area contributed by atoms with Gasteiger partial charge in [0.1, 0.15) is 0 Å². The second-order valence-electron chi connectivity index (χ2n) is 3.85. The van der Waals surface area contributed by atoms with Crippen molar-refractivity contribution in [3.8, 4) is 0 Å². The molecule has 0 aliphatic rings. The third-order valence-electron chi connectivity index (χ3n) is 2.24. The van der Waals surface area contributed by atoms with E-state index in [1.54, 1.807) is 6.08 Å². The van der Waals surface area contributed by atoms with Gasteiger partial charge in [-0.05, 0) is 33.1 Å². The van der Waals surface area contributed by atoms with E-state index in [-0.39, 0.29) is 5.97 Å². The van der Waals surface area contributed by atoms with Crippen molar-refractivity contribution < 1.29 is 9.53 Å². The molecule has 0 spiro atoms. The minimum absolute atomic E-state index is 0.262. The molecule has 0 unspecified atom stereocenters. The maximum Gasteiger partial charge on any atom is 0.330 e. The number of methoxy groups -OCH3 is 1. The number of carbonyl (C=O) groups is 1. The molecule has 15 heavy (non-hydrogen) atoms. The lowest BCUT2D eigenvalue weighted by atomic mass is 10.1. The van der Waals surface area contributed by atoms with E-state index in [1.807, 2.05) is 6.92 Å². The Kier molecular flexibility index (Phi) is 7.69. The van der Waals surface area contributed by atoms with Crippen molar-refractivity contribution in [3.63, 3.8) is 0 Å². The van der Waals surface area contributed by atoms with Crippen molar-refractivity contribution in [2.75, 3.05) is 7.11 Å².